The van der Waals surface area contributed by atoms with Crippen LogP contribution in [0.5, 0.6) is 0 Å². The van der Waals surface area contributed by atoms with E-state index in [0.717, 1.165) is 17.8 Å². The molecule has 1 saturated heterocycles. The van der Waals surface area contributed by atoms with Crippen LogP contribution in [-0.4, -0.2) is 13.1 Å². The molecule has 0 unspecified atom stereocenters. The topological polar surface area (TPSA) is 12.0 Å². The van der Waals surface area contributed by atoms with Crippen molar-refractivity contribution in [2.24, 2.45) is 17.8 Å². The summed E-state index contributed by atoms with van der Waals surface area (Å²) in [5, 5.41) is 3.41. The molecule has 2 rings (SSSR count). The summed E-state index contributed by atoms with van der Waals surface area (Å²) in [5.74, 6) is 3.21. The van der Waals surface area contributed by atoms with E-state index in [1.54, 1.807) is 0 Å². The third kappa shape index (κ3) is 0.510. The van der Waals surface area contributed by atoms with Gasteiger partial charge in [-0.05, 0) is 37.3 Å². The highest BCUT2D eigenvalue weighted by molar-refractivity contribution is 4.97. The maximum Gasteiger partial charge on any atom is -0.00151 e. The molecular weight excluding hydrogens is 98.1 g/mol. The predicted molar refractivity (Wildman–Crippen MR) is 33.6 cm³/mol. The van der Waals surface area contributed by atoms with Gasteiger partial charge in [-0.2, -0.15) is 0 Å². The lowest BCUT2D eigenvalue weighted by molar-refractivity contribution is 0.497. The molecule has 1 heteroatoms. The van der Waals surface area contributed by atoms with Gasteiger partial charge in [0.15, 0.2) is 0 Å². The van der Waals surface area contributed by atoms with E-state index < -0.39 is 0 Å². The van der Waals surface area contributed by atoms with Gasteiger partial charge in [-0.25, -0.2) is 0 Å². The fraction of sp³-hybridized carbons (Fsp3) is 1.00. The van der Waals surface area contributed by atoms with Crippen LogP contribution in [-0.2, 0) is 0 Å². The average Bonchev–Trinajstić information content (AvgIpc) is 2.46. The van der Waals surface area contributed by atoms with Gasteiger partial charge in [-0.1, -0.05) is 6.92 Å². The maximum absolute atomic E-state index is 3.41. The molecule has 0 bridgehead atoms. The van der Waals surface area contributed by atoms with Crippen molar-refractivity contribution in [2.45, 2.75) is 13.3 Å². The molecule has 46 valence electrons. The molecular formula is C7H13N. The number of nitrogens with one attached hydrogen (secondary N) is 1. The summed E-state index contributed by atoms with van der Waals surface area (Å²) >= 11 is 0. The number of fused-ring (bicyclic) bond motifs is 1. The lowest BCUT2D eigenvalue weighted by Gasteiger charge is -2.08. The van der Waals surface area contributed by atoms with Crippen LogP contribution in [0.15, 0.2) is 0 Å². The van der Waals surface area contributed by atoms with Gasteiger partial charge in [-0.15, -0.1) is 0 Å². The van der Waals surface area contributed by atoms with E-state index in [9.17, 15) is 0 Å². The number of rotatable bonds is 0. The average molecular weight is 111 g/mol. The molecule has 8 heavy (non-hydrogen) atoms. The molecule has 1 heterocycles. The van der Waals surface area contributed by atoms with Crippen molar-refractivity contribution in [3.05, 3.63) is 0 Å². The Labute approximate surface area is 50.5 Å². The van der Waals surface area contributed by atoms with Gasteiger partial charge in [0, 0.05) is 0 Å². The minimum Gasteiger partial charge on any atom is -0.316 e. The van der Waals surface area contributed by atoms with Crippen LogP contribution in [0, 0.1) is 17.8 Å². The van der Waals surface area contributed by atoms with Crippen molar-refractivity contribution < 1.29 is 0 Å². The molecule has 0 amide bonds. The van der Waals surface area contributed by atoms with E-state index >= 15 is 0 Å². The van der Waals surface area contributed by atoms with Crippen molar-refractivity contribution in [3.63, 3.8) is 0 Å². The maximum atomic E-state index is 3.41. The quantitative estimate of drug-likeness (QED) is 0.489. The first-order chi connectivity index (χ1) is 3.89. The van der Waals surface area contributed by atoms with Gasteiger partial charge in [0.05, 0.1) is 0 Å². The highest BCUT2D eigenvalue weighted by Crippen LogP contribution is 2.48. The number of hydrogen-bond acceptors (Lipinski definition) is 1. The molecule has 2 aliphatic rings. The lowest BCUT2D eigenvalue weighted by Crippen LogP contribution is -2.23. The van der Waals surface area contributed by atoms with Crippen LogP contribution in [0.3, 0.4) is 0 Å². The van der Waals surface area contributed by atoms with Gasteiger partial charge in [0.1, 0.15) is 0 Å². The monoisotopic (exact) mass is 111 g/mol. The van der Waals surface area contributed by atoms with E-state index in [-0.39, 0.29) is 0 Å². The first-order valence-electron chi connectivity index (χ1n) is 3.60. The molecule has 1 N–H and O–H groups in total. The Balaban J connectivity index is 1.97. The smallest absolute Gasteiger partial charge is 0.00151 e. The van der Waals surface area contributed by atoms with Crippen LogP contribution < -0.4 is 5.32 Å². The van der Waals surface area contributed by atoms with Crippen LogP contribution in [0.1, 0.15) is 13.3 Å². The van der Waals surface area contributed by atoms with Crippen LogP contribution in [0.2, 0.25) is 0 Å². The molecule has 1 aliphatic heterocycles. The van der Waals surface area contributed by atoms with Crippen LogP contribution in [0.25, 0.3) is 0 Å². The van der Waals surface area contributed by atoms with Gasteiger partial charge in [0.25, 0.3) is 0 Å². The van der Waals surface area contributed by atoms with Crippen molar-refractivity contribution >= 4 is 0 Å². The number of piperidine rings is 1. The Hall–Kier alpha value is -0.0400. The molecule has 0 aromatic rings. The summed E-state index contributed by atoms with van der Waals surface area (Å²) in [4.78, 5) is 0. The highest BCUT2D eigenvalue weighted by Gasteiger charge is 2.46. The SMILES string of the molecule is C[C@@H]1[C@H]2CCNC[C@@H]12. The molecule has 0 aromatic heterocycles. The molecule has 1 saturated carbocycles. The molecule has 3 atom stereocenters. The standard InChI is InChI=1S/C7H13N/c1-5-6-2-3-8-4-7(5)6/h5-8H,2-4H2,1H3/t5-,6-,7+/m1/s1. The highest BCUT2D eigenvalue weighted by atomic mass is 14.9. The predicted octanol–water partition coefficient (Wildman–Crippen LogP) is 0.862. The summed E-state index contributed by atoms with van der Waals surface area (Å²) in [6.45, 7) is 4.94. The van der Waals surface area contributed by atoms with E-state index in [0.29, 0.717) is 0 Å². The molecule has 2 fully saturated rings. The Bertz CT molecular complexity index is 88.6. The van der Waals surface area contributed by atoms with Crippen LogP contribution in [0.4, 0.5) is 0 Å². The summed E-state index contributed by atoms with van der Waals surface area (Å²) in [7, 11) is 0. The third-order valence-corrected chi connectivity index (χ3v) is 2.79. The molecule has 0 radical (unpaired) electrons. The lowest BCUT2D eigenvalue weighted by atomic mass is 10.2. The Kier molecular flexibility index (Phi) is 0.884. The first-order valence-corrected chi connectivity index (χ1v) is 3.60. The largest absolute Gasteiger partial charge is 0.316 e. The Morgan fingerprint density at radius 1 is 1.38 bits per heavy atom. The van der Waals surface area contributed by atoms with Gasteiger partial charge < -0.3 is 5.32 Å². The number of hydrogen-bond donors (Lipinski definition) is 1. The Morgan fingerprint density at radius 3 is 2.75 bits per heavy atom. The summed E-state index contributed by atoms with van der Waals surface area (Å²) in [6.07, 6.45) is 1.44. The van der Waals surface area contributed by atoms with E-state index in [1.807, 2.05) is 0 Å². The molecule has 0 spiro atoms. The minimum atomic E-state index is 1.05. The second-order valence-corrected chi connectivity index (χ2v) is 3.18. The molecule has 1 nitrogen and oxygen atoms in total. The van der Waals surface area contributed by atoms with Crippen molar-refractivity contribution in [1.29, 1.82) is 0 Å². The third-order valence-electron chi connectivity index (χ3n) is 2.79. The van der Waals surface area contributed by atoms with Crippen molar-refractivity contribution in [2.75, 3.05) is 13.1 Å². The van der Waals surface area contributed by atoms with E-state index in [1.165, 1.54) is 19.5 Å². The normalized spacial score (nSPS) is 52.9. The molecule has 1 aliphatic carbocycles. The van der Waals surface area contributed by atoms with Gasteiger partial charge in [-0.3, -0.25) is 0 Å². The molecule has 0 aromatic carbocycles. The summed E-state index contributed by atoms with van der Waals surface area (Å²) in [5.41, 5.74) is 0. The zero-order valence-corrected chi connectivity index (χ0v) is 5.35. The minimum absolute atomic E-state index is 1.05. The Morgan fingerprint density at radius 2 is 2.25 bits per heavy atom. The van der Waals surface area contributed by atoms with Gasteiger partial charge in [0.2, 0.25) is 0 Å². The van der Waals surface area contributed by atoms with Crippen LogP contribution >= 0.6 is 0 Å². The fourth-order valence-corrected chi connectivity index (χ4v) is 1.99. The second kappa shape index (κ2) is 1.47. The van der Waals surface area contributed by atoms with Crippen molar-refractivity contribution in [1.82, 2.24) is 5.32 Å². The van der Waals surface area contributed by atoms with Gasteiger partial charge >= 0.3 is 0 Å². The van der Waals surface area contributed by atoms with E-state index in [2.05, 4.69) is 12.2 Å². The fourth-order valence-electron chi connectivity index (χ4n) is 1.99. The summed E-state index contributed by atoms with van der Waals surface area (Å²) < 4.78 is 0. The summed E-state index contributed by atoms with van der Waals surface area (Å²) in [6, 6.07) is 0. The zero-order chi connectivity index (χ0) is 5.56. The second-order valence-electron chi connectivity index (χ2n) is 3.18. The zero-order valence-electron chi connectivity index (χ0n) is 5.35. The van der Waals surface area contributed by atoms with E-state index in [4.69, 9.17) is 0 Å². The first kappa shape index (κ1) is 4.80. The van der Waals surface area contributed by atoms with Crippen molar-refractivity contribution in [3.8, 4) is 0 Å².